The van der Waals surface area contributed by atoms with E-state index in [2.05, 4.69) is 9.88 Å². The van der Waals surface area contributed by atoms with Crippen LogP contribution >= 0.6 is 0 Å². The van der Waals surface area contributed by atoms with Gasteiger partial charge in [-0.25, -0.2) is 0 Å². The van der Waals surface area contributed by atoms with Crippen LogP contribution in [0.4, 0.5) is 5.69 Å². The summed E-state index contributed by atoms with van der Waals surface area (Å²) in [6.07, 6.45) is 1.47. The van der Waals surface area contributed by atoms with Crippen LogP contribution in [0.25, 0.3) is 0 Å². The Bertz CT molecular complexity index is 711. The minimum absolute atomic E-state index is 0.0457. The van der Waals surface area contributed by atoms with Gasteiger partial charge in [0.2, 0.25) is 5.56 Å². The molecule has 0 bridgehead atoms. The van der Waals surface area contributed by atoms with Crippen molar-refractivity contribution in [3.05, 3.63) is 58.5 Å². The second-order valence-corrected chi connectivity index (χ2v) is 5.42. The molecule has 1 aromatic heterocycles. The molecule has 120 valence electrons. The first kappa shape index (κ1) is 15.1. The third kappa shape index (κ3) is 3.36. The highest BCUT2D eigenvalue weighted by Crippen LogP contribution is 2.20. The van der Waals surface area contributed by atoms with Gasteiger partial charge in [0.1, 0.15) is 5.75 Å². The van der Waals surface area contributed by atoms with Crippen LogP contribution in [0.15, 0.2) is 47.4 Å². The molecular weight excluding hydrogens is 294 g/mol. The standard InChI is InChI=1S/C17H19N3O3/c1-23-15-5-3-14(4-6-15)19-8-10-20(11-9-19)17(22)13-2-7-16(21)18-12-13/h2-7,12H,8-11H2,1H3,(H,18,21). The number of pyridine rings is 1. The third-order valence-corrected chi connectivity index (χ3v) is 4.04. The van der Waals surface area contributed by atoms with E-state index in [9.17, 15) is 9.59 Å². The Morgan fingerprint density at radius 3 is 2.30 bits per heavy atom. The molecule has 1 fully saturated rings. The number of amides is 1. The van der Waals surface area contributed by atoms with Gasteiger partial charge in [-0.15, -0.1) is 0 Å². The van der Waals surface area contributed by atoms with Crippen molar-refractivity contribution in [1.82, 2.24) is 9.88 Å². The molecule has 0 unspecified atom stereocenters. The largest absolute Gasteiger partial charge is 0.497 e. The summed E-state index contributed by atoms with van der Waals surface area (Å²) >= 11 is 0. The Labute approximate surface area is 134 Å². The van der Waals surface area contributed by atoms with Gasteiger partial charge in [0.25, 0.3) is 5.91 Å². The van der Waals surface area contributed by atoms with Crippen molar-refractivity contribution < 1.29 is 9.53 Å². The molecule has 1 saturated heterocycles. The number of piperazine rings is 1. The van der Waals surface area contributed by atoms with Gasteiger partial charge in [-0.05, 0) is 30.3 Å². The minimum atomic E-state index is -0.203. The van der Waals surface area contributed by atoms with Crippen molar-refractivity contribution in [2.45, 2.75) is 0 Å². The number of aromatic amines is 1. The fourth-order valence-electron chi connectivity index (χ4n) is 2.69. The molecule has 0 spiro atoms. The Balaban J connectivity index is 1.62. The van der Waals surface area contributed by atoms with Crippen LogP contribution in [0.5, 0.6) is 5.75 Å². The second kappa shape index (κ2) is 6.56. The summed E-state index contributed by atoms with van der Waals surface area (Å²) in [5, 5.41) is 0. The van der Waals surface area contributed by atoms with E-state index in [-0.39, 0.29) is 11.5 Å². The third-order valence-electron chi connectivity index (χ3n) is 4.04. The predicted molar refractivity (Wildman–Crippen MR) is 88.2 cm³/mol. The summed E-state index contributed by atoms with van der Waals surface area (Å²) in [6, 6.07) is 10.9. The predicted octanol–water partition coefficient (Wildman–Crippen LogP) is 1.35. The van der Waals surface area contributed by atoms with E-state index in [4.69, 9.17) is 4.74 Å². The lowest BCUT2D eigenvalue weighted by atomic mass is 10.2. The van der Waals surface area contributed by atoms with Crippen LogP contribution in [0.3, 0.4) is 0 Å². The smallest absolute Gasteiger partial charge is 0.255 e. The Morgan fingerprint density at radius 2 is 1.74 bits per heavy atom. The number of H-pyrrole nitrogens is 1. The van der Waals surface area contributed by atoms with Gasteiger partial charge in [-0.1, -0.05) is 0 Å². The molecule has 1 aliphatic rings. The first-order chi connectivity index (χ1) is 11.2. The summed E-state index contributed by atoms with van der Waals surface area (Å²) in [6.45, 7) is 2.87. The molecule has 1 aliphatic heterocycles. The maximum Gasteiger partial charge on any atom is 0.255 e. The summed E-state index contributed by atoms with van der Waals surface area (Å²) in [7, 11) is 1.65. The Hall–Kier alpha value is -2.76. The van der Waals surface area contributed by atoms with Crippen molar-refractivity contribution in [2.75, 3.05) is 38.2 Å². The maximum absolute atomic E-state index is 12.4. The van der Waals surface area contributed by atoms with Gasteiger partial charge in [0.15, 0.2) is 0 Å². The van der Waals surface area contributed by atoms with Gasteiger partial charge >= 0.3 is 0 Å². The monoisotopic (exact) mass is 313 g/mol. The van der Waals surface area contributed by atoms with E-state index in [0.29, 0.717) is 18.7 Å². The molecular formula is C17H19N3O3. The van der Waals surface area contributed by atoms with E-state index in [1.807, 2.05) is 29.2 Å². The van der Waals surface area contributed by atoms with Crippen LogP contribution in [0.1, 0.15) is 10.4 Å². The quantitative estimate of drug-likeness (QED) is 0.929. The molecule has 0 saturated carbocycles. The zero-order chi connectivity index (χ0) is 16.2. The number of anilines is 1. The fourth-order valence-corrected chi connectivity index (χ4v) is 2.69. The van der Waals surface area contributed by atoms with Crippen molar-refractivity contribution in [3.63, 3.8) is 0 Å². The summed E-state index contributed by atoms with van der Waals surface area (Å²) in [5.41, 5.74) is 1.44. The highest BCUT2D eigenvalue weighted by atomic mass is 16.5. The average Bonchev–Trinajstić information content (AvgIpc) is 2.62. The zero-order valence-corrected chi connectivity index (χ0v) is 13.0. The fraction of sp³-hybridized carbons (Fsp3) is 0.294. The zero-order valence-electron chi connectivity index (χ0n) is 13.0. The summed E-state index contributed by atoms with van der Waals surface area (Å²) in [4.78, 5) is 30.1. The molecule has 0 atom stereocenters. The number of ether oxygens (including phenoxy) is 1. The lowest BCUT2D eigenvalue weighted by Gasteiger charge is -2.36. The molecule has 0 radical (unpaired) electrons. The molecule has 0 aliphatic carbocycles. The van der Waals surface area contributed by atoms with Gasteiger partial charge in [0.05, 0.1) is 12.7 Å². The molecule has 6 nitrogen and oxygen atoms in total. The molecule has 1 aromatic carbocycles. The number of rotatable bonds is 3. The number of nitrogens with zero attached hydrogens (tertiary/aromatic N) is 2. The van der Waals surface area contributed by atoms with E-state index in [1.54, 1.807) is 13.2 Å². The van der Waals surface area contributed by atoms with Crippen molar-refractivity contribution in [2.24, 2.45) is 0 Å². The first-order valence-corrected chi connectivity index (χ1v) is 7.54. The van der Waals surface area contributed by atoms with Crippen LogP contribution in [-0.2, 0) is 0 Å². The molecule has 3 rings (SSSR count). The van der Waals surface area contributed by atoms with Gasteiger partial charge < -0.3 is 19.5 Å². The van der Waals surface area contributed by atoms with Gasteiger partial charge in [-0.2, -0.15) is 0 Å². The van der Waals surface area contributed by atoms with E-state index >= 15 is 0 Å². The van der Waals surface area contributed by atoms with Crippen LogP contribution < -0.4 is 15.2 Å². The SMILES string of the molecule is COc1ccc(N2CCN(C(=O)c3ccc(=O)[nH]c3)CC2)cc1. The molecule has 1 amide bonds. The Morgan fingerprint density at radius 1 is 1.04 bits per heavy atom. The number of benzene rings is 1. The average molecular weight is 313 g/mol. The van der Waals surface area contributed by atoms with E-state index < -0.39 is 0 Å². The number of carbonyl (C=O) groups excluding carboxylic acids is 1. The number of carbonyl (C=O) groups is 1. The number of aromatic nitrogens is 1. The topological polar surface area (TPSA) is 65.6 Å². The van der Waals surface area contributed by atoms with Crippen LogP contribution in [0, 0.1) is 0 Å². The molecule has 2 aromatic rings. The molecule has 1 N–H and O–H groups in total. The normalized spacial score (nSPS) is 14.7. The lowest BCUT2D eigenvalue weighted by Crippen LogP contribution is -2.48. The van der Waals surface area contributed by atoms with Crippen molar-refractivity contribution >= 4 is 11.6 Å². The number of methoxy groups -OCH3 is 1. The number of hydrogen-bond acceptors (Lipinski definition) is 4. The molecule has 6 heteroatoms. The highest BCUT2D eigenvalue weighted by molar-refractivity contribution is 5.94. The second-order valence-electron chi connectivity index (χ2n) is 5.42. The van der Waals surface area contributed by atoms with Gasteiger partial charge in [0, 0.05) is 44.1 Å². The number of nitrogens with one attached hydrogen (secondary N) is 1. The van der Waals surface area contributed by atoms with Crippen LogP contribution in [0.2, 0.25) is 0 Å². The maximum atomic E-state index is 12.4. The molecule has 23 heavy (non-hydrogen) atoms. The number of hydrogen-bond donors (Lipinski definition) is 1. The molecule has 2 heterocycles. The summed E-state index contributed by atoms with van der Waals surface area (Å²) in [5.74, 6) is 0.788. The van der Waals surface area contributed by atoms with Crippen molar-refractivity contribution in [1.29, 1.82) is 0 Å². The van der Waals surface area contributed by atoms with Gasteiger partial charge in [-0.3, -0.25) is 9.59 Å². The lowest BCUT2D eigenvalue weighted by molar-refractivity contribution is 0.0746. The highest BCUT2D eigenvalue weighted by Gasteiger charge is 2.22. The van der Waals surface area contributed by atoms with E-state index in [0.717, 1.165) is 24.5 Å². The van der Waals surface area contributed by atoms with E-state index in [1.165, 1.54) is 12.3 Å². The minimum Gasteiger partial charge on any atom is -0.497 e. The van der Waals surface area contributed by atoms with Crippen molar-refractivity contribution in [3.8, 4) is 5.75 Å². The first-order valence-electron chi connectivity index (χ1n) is 7.54. The Kier molecular flexibility index (Phi) is 4.32. The van der Waals surface area contributed by atoms with Crippen LogP contribution in [-0.4, -0.2) is 49.1 Å². The summed E-state index contributed by atoms with van der Waals surface area (Å²) < 4.78 is 5.17.